The minimum atomic E-state index is 0.837. The van der Waals surface area contributed by atoms with Crippen molar-refractivity contribution in [2.75, 3.05) is 38.2 Å². The van der Waals surface area contributed by atoms with Gasteiger partial charge in [0.25, 0.3) is 0 Å². The van der Waals surface area contributed by atoms with Crippen molar-refractivity contribution in [3.8, 4) is 5.75 Å². The fourth-order valence-corrected chi connectivity index (χ4v) is 4.13. The van der Waals surface area contributed by atoms with Gasteiger partial charge in [-0.2, -0.15) is 0 Å². The molecule has 0 aliphatic carbocycles. The fourth-order valence-electron chi connectivity index (χ4n) is 4.13. The maximum Gasteiger partial charge on any atom is 0.145 e. The maximum absolute atomic E-state index is 5.48. The van der Waals surface area contributed by atoms with Gasteiger partial charge >= 0.3 is 0 Å². The molecule has 0 amide bonds. The van der Waals surface area contributed by atoms with E-state index in [0.29, 0.717) is 0 Å². The zero-order chi connectivity index (χ0) is 18.9. The van der Waals surface area contributed by atoms with Crippen molar-refractivity contribution in [1.29, 1.82) is 0 Å². The first-order valence-corrected chi connectivity index (χ1v) is 9.78. The van der Waals surface area contributed by atoms with Crippen LogP contribution in [0.1, 0.15) is 5.69 Å². The molecule has 0 spiro atoms. The second-order valence-electron chi connectivity index (χ2n) is 7.31. The average Bonchev–Trinajstić information content (AvgIpc) is 3.23. The Bertz CT molecular complexity index is 1110. The summed E-state index contributed by atoms with van der Waals surface area (Å²) in [6.07, 6.45) is 2.02. The standard InChI is InChI=1S/C23H24N4O/c1-28-22-7-2-4-17-8-9-18(25-23(17)22)16-26-12-14-27(15-13-26)21-6-3-5-20-19(21)10-11-24-20/h2-11,24H,12-16H2,1H3. The molecule has 1 aliphatic heterocycles. The number of hydrogen-bond acceptors (Lipinski definition) is 4. The molecule has 0 bridgehead atoms. The van der Waals surface area contributed by atoms with Gasteiger partial charge in [0.1, 0.15) is 11.3 Å². The van der Waals surface area contributed by atoms with E-state index in [1.165, 1.54) is 16.6 Å². The number of fused-ring (bicyclic) bond motifs is 2. The molecule has 1 saturated heterocycles. The Balaban J connectivity index is 1.30. The molecule has 0 saturated carbocycles. The van der Waals surface area contributed by atoms with E-state index < -0.39 is 0 Å². The molecule has 1 aliphatic rings. The topological polar surface area (TPSA) is 44.4 Å². The smallest absolute Gasteiger partial charge is 0.145 e. The first kappa shape index (κ1) is 17.1. The number of ether oxygens (including phenoxy) is 1. The van der Waals surface area contributed by atoms with Crippen LogP contribution in [0.5, 0.6) is 5.75 Å². The number of anilines is 1. The quantitative estimate of drug-likeness (QED) is 0.587. The molecule has 5 heteroatoms. The molecule has 4 aromatic rings. The number of aromatic amines is 1. The van der Waals surface area contributed by atoms with Crippen molar-refractivity contribution in [2.45, 2.75) is 6.54 Å². The average molecular weight is 372 g/mol. The number of para-hydroxylation sites is 1. The second kappa shape index (κ2) is 7.17. The summed E-state index contributed by atoms with van der Waals surface area (Å²) >= 11 is 0. The Labute approximate surface area is 164 Å². The van der Waals surface area contributed by atoms with E-state index in [1.807, 2.05) is 18.3 Å². The number of H-pyrrole nitrogens is 1. The van der Waals surface area contributed by atoms with Crippen LogP contribution < -0.4 is 9.64 Å². The van der Waals surface area contributed by atoms with E-state index in [9.17, 15) is 0 Å². The number of pyridine rings is 1. The van der Waals surface area contributed by atoms with Gasteiger partial charge < -0.3 is 14.6 Å². The van der Waals surface area contributed by atoms with Crippen LogP contribution in [0.2, 0.25) is 0 Å². The molecular weight excluding hydrogens is 348 g/mol. The van der Waals surface area contributed by atoms with E-state index in [0.717, 1.165) is 55.1 Å². The molecule has 0 unspecified atom stereocenters. The summed E-state index contributed by atoms with van der Waals surface area (Å²) in [7, 11) is 1.70. The highest BCUT2D eigenvalue weighted by Crippen LogP contribution is 2.27. The van der Waals surface area contributed by atoms with Gasteiger partial charge in [0.2, 0.25) is 0 Å². The summed E-state index contributed by atoms with van der Waals surface area (Å²) in [6.45, 7) is 5.00. The lowest BCUT2D eigenvalue weighted by atomic mass is 10.1. The van der Waals surface area contributed by atoms with Gasteiger partial charge in [-0.25, -0.2) is 4.98 Å². The monoisotopic (exact) mass is 372 g/mol. The lowest BCUT2D eigenvalue weighted by molar-refractivity contribution is 0.247. The van der Waals surface area contributed by atoms with Crippen LogP contribution in [0.4, 0.5) is 5.69 Å². The zero-order valence-corrected chi connectivity index (χ0v) is 16.1. The second-order valence-corrected chi connectivity index (χ2v) is 7.31. The fraction of sp³-hybridized carbons (Fsp3) is 0.261. The Hall–Kier alpha value is -3.05. The third kappa shape index (κ3) is 3.08. The molecule has 5 rings (SSSR count). The van der Waals surface area contributed by atoms with Crippen LogP contribution in [0, 0.1) is 0 Å². The molecule has 1 fully saturated rings. The molecule has 142 valence electrons. The van der Waals surface area contributed by atoms with Crippen molar-refractivity contribution in [3.63, 3.8) is 0 Å². The number of rotatable bonds is 4. The highest BCUT2D eigenvalue weighted by molar-refractivity contribution is 5.92. The number of piperazine rings is 1. The van der Waals surface area contributed by atoms with E-state index in [1.54, 1.807) is 7.11 Å². The summed E-state index contributed by atoms with van der Waals surface area (Å²) in [5.74, 6) is 0.837. The van der Waals surface area contributed by atoms with Crippen molar-refractivity contribution in [3.05, 3.63) is 66.5 Å². The SMILES string of the molecule is COc1cccc2ccc(CN3CCN(c4cccc5[nH]ccc45)CC3)nc12. The van der Waals surface area contributed by atoms with E-state index in [4.69, 9.17) is 9.72 Å². The van der Waals surface area contributed by atoms with E-state index in [2.05, 4.69) is 57.2 Å². The minimum Gasteiger partial charge on any atom is -0.494 e. The summed E-state index contributed by atoms with van der Waals surface area (Å²) in [5, 5.41) is 2.42. The summed E-state index contributed by atoms with van der Waals surface area (Å²) in [4.78, 5) is 13.1. The third-order valence-electron chi connectivity index (χ3n) is 5.63. The van der Waals surface area contributed by atoms with Gasteiger partial charge in [0, 0.05) is 60.9 Å². The number of benzene rings is 2. The molecule has 3 heterocycles. The molecule has 2 aromatic heterocycles. The summed E-state index contributed by atoms with van der Waals surface area (Å²) in [6, 6.07) is 19.0. The zero-order valence-electron chi connectivity index (χ0n) is 16.1. The number of aromatic nitrogens is 2. The molecule has 5 nitrogen and oxygen atoms in total. The minimum absolute atomic E-state index is 0.837. The van der Waals surface area contributed by atoms with Crippen LogP contribution in [0.3, 0.4) is 0 Å². The lowest BCUT2D eigenvalue weighted by Gasteiger charge is -2.36. The number of hydrogen-bond donors (Lipinski definition) is 1. The van der Waals surface area contributed by atoms with Gasteiger partial charge in [-0.05, 0) is 30.3 Å². The molecule has 1 N–H and O–H groups in total. The van der Waals surface area contributed by atoms with Gasteiger partial charge in [0.05, 0.1) is 12.8 Å². The van der Waals surface area contributed by atoms with Crippen molar-refractivity contribution >= 4 is 27.5 Å². The number of methoxy groups -OCH3 is 1. The van der Waals surface area contributed by atoms with Crippen LogP contribution in [0.15, 0.2) is 60.8 Å². The van der Waals surface area contributed by atoms with E-state index in [-0.39, 0.29) is 0 Å². The van der Waals surface area contributed by atoms with Crippen molar-refractivity contribution in [2.24, 2.45) is 0 Å². The molecule has 0 atom stereocenters. The predicted molar refractivity (Wildman–Crippen MR) is 114 cm³/mol. The number of nitrogens with one attached hydrogen (secondary N) is 1. The predicted octanol–water partition coefficient (Wildman–Crippen LogP) is 4.05. The first-order valence-electron chi connectivity index (χ1n) is 9.78. The normalized spacial score (nSPS) is 15.4. The van der Waals surface area contributed by atoms with Crippen LogP contribution in [-0.2, 0) is 6.54 Å². The Morgan fingerprint density at radius 1 is 0.964 bits per heavy atom. The molecule has 28 heavy (non-hydrogen) atoms. The third-order valence-corrected chi connectivity index (χ3v) is 5.63. The molecular formula is C23H24N4O. The van der Waals surface area contributed by atoms with Crippen LogP contribution in [-0.4, -0.2) is 48.2 Å². The van der Waals surface area contributed by atoms with Crippen molar-refractivity contribution in [1.82, 2.24) is 14.9 Å². The Kier molecular flexibility index (Phi) is 4.37. The Morgan fingerprint density at radius 3 is 2.68 bits per heavy atom. The maximum atomic E-state index is 5.48. The summed E-state index contributed by atoms with van der Waals surface area (Å²) < 4.78 is 5.48. The van der Waals surface area contributed by atoms with Crippen LogP contribution in [0.25, 0.3) is 21.8 Å². The Morgan fingerprint density at radius 2 is 1.82 bits per heavy atom. The van der Waals surface area contributed by atoms with Crippen molar-refractivity contribution < 1.29 is 4.74 Å². The first-order chi connectivity index (χ1) is 13.8. The number of nitrogens with zero attached hydrogens (tertiary/aromatic N) is 3. The largest absolute Gasteiger partial charge is 0.494 e. The lowest BCUT2D eigenvalue weighted by Crippen LogP contribution is -2.46. The summed E-state index contributed by atoms with van der Waals surface area (Å²) in [5.41, 5.74) is 4.57. The van der Waals surface area contributed by atoms with Gasteiger partial charge in [-0.15, -0.1) is 0 Å². The van der Waals surface area contributed by atoms with Crippen LogP contribution >= 0.6 is 0 Å². The molecule has 2 aromatic carbocycles. The van der Waals surface area contributed by atoms with Gasteiger partial charge in [-0.3, -0.25) is 4.90 Å². The highest BCUT2D eigenvalue weighted by Gasteiger charge is 2.19. The molecule has 0 radical (unpaired) electrons. The highest BCUT2D eigenvalue weighted by atomic mass is 16.5. The van der Waals surface area contributed by atoms with Gasteiger partial charge in [-0.1, -0.05) is 24.3 Å². The van der Waals surface area contributed by atoms with Gasteiger partial charge in [0.15, 0.2) is 0 Å². The van der Waals surface area contributed by atoms with E-state index >= 15 is 0 Å².